The normalized spacial score (nSPS) is 30.5. The zero-order valence-electron chi connectivity index (χ0n) is 9.18. The summed E-state index contributed by atoms with van der Waals surface area (Å²) in [5.74, 6) is 2.04. The lowest BCUT2D eigenvalue weighted by Crippen LogP contribution is -2.35. The van der Waals surface area contributed by atoms with E-state index in [-0.39, 0.29) is 5.54 Å². The number of hydrogen-bond acceptors (Lipinski definition) is 2. The molecule has 1 aliphatic carbocycles. The van der Waals surface area contributed by atoms with Gasteiger partial charge in [-0.2, -0.15) is 11.8 Å². The standard InChI is InChI=1S/C11H23NS/c1-9-5-4-6-10(7-9)13-8-11(2,3)12/h9-10H,4-8,12H2,1-3H3. The molecule has 2 heteroatoms. The van der Waals surface area contributed by atoms with Crippen LogP contribution >= 0.6 is 11.8 Å². The Hall–Kier alpha value is 0.310. The molecule has 0 spiro atoms. The van der Waals surface area contributed by atoms with Crippen molar-refractivity contribution in [3.05, 3.63) is 0 Å². The van der Waals surface area contributed by atoms with Crippen molar-refractivity contribution in [1.29, 1.82) is 0 Å². The molecule has 2 unspecified atom stereocenters. The Balaban J connectivity index is 2.21. The summed E-state index contributed by atoms with van der Waals surface area (Å²) in [7, 11) is 0. The Morgan fingerprint density at radius 3 is 2.62 bits per heavy atom. The van der Waals surface area contributed by atoms with Gasteiger partial charge in [0.05, 0.1) is 0 Å². The summed E-state index contributed by atoms with van der Waals surface area (Å²) in [6.45, 7) is 6.61. The van der Waals surface area contributed by atoms with Gasteiger partial charge in [0.15, 0.2) is 0 Å². The Kier molecular flexibility index (Phi) is 4.11. The molecule has 1 aliphatic rings. The molecule has 0 bridgehead atoms. The van der Waals surface area contributed by atoms with Gasteiger partial charge in [-0.15, -0.1) is 0 Å². The summed E-state index contributed by atoms with van der Waals surface area (Å²) in [6, 6.07) is 0. The fraction of sp³-hybridized carbons (Fsp3) is 1.00. The van der Waals surface area contributed by atoms with E-state index in [1.807, 2.05) is 0 Å². The lowest BCUT2D eigenvalue weighted by Gasteiger charge is -2.28. The maximum absolute atomic E-state index is 5.97. The Bertz CT molecular complexity index is 151. The van der Waals surface area contributed by atoms with Crippen LogP contribution in [0.3, 0.4) is 0 Å². The van der Waals surface area contributed by atoms with Crippen LogP contribution in [-0.4, -0.2) is 16.5 Å². The third-order valence-corrected chi connectivity index (χ3v) is 4.39. The molecule has 2 atom stereocenters. The number of nitrogens with two attached hydrogens (primary N) is 1. The van der Waals surface area contributed by atoms with E-state index in [9.17, 15) is 0 Å². The van der Waals surface area contributed by atoms with Crippen LogP contribution in [0.1, 0.15) is 46.5 Å². The molecule has 0 aromatic rings. The van der Waals surface area contributed by atoms with E-state index < -0.39 is 0 Å². The van der Waals surface area contributed by atoms with Crippen molar-refractivity contribution in [2.24, 2.45) is 11.7 Å². The van der Waals surface area contributed by atoms with Gasteiger partial charge in [-0.3, -0.25) is 0 Å². The molecule has 1 rings (SSSR count). The maximum Gasteiger partial charge on any atom is 0.0188 e. The zero-order valence-corrected chi connectivity index (χ0v) is 9.99. The first-order valence-corrected chi connectivity index (χ1v) is 6.43. The zero-order chi connectivity index (χ0) is 9.90. The Labute approximate surface area is 86.8 Å². The van der Waals surface area contributed by atoms with Crippen LogP contribution in [0.15, 0.2) is 0 Å². The first-order valence-electron chi connectivity index (χ1n) is 5.38. The lowest BCUT2D eigenvalue weighted by atomic mass is 9.91. The highest BCUT2D eigenvalue weighted by Gasteiger charge is 2.21. The van der Waals surface area contributed by atoms with Crippen LogP contribution in [-0.2, 0) is 0 Å². The topological polar surface area (TPSA) is 26.0 Å². The third kappa shape index (κ3) is 4.92. The van der Waals surface area contributed by atoms with Crippen LogP contribution in [0.5, 0.6) is 0 Å². The molecule has 13 heavy (non-hydrogen) atoms. The Morgan fingerprint density at radius 2 is 2.08 bits per heavy atom. The second-order valence-electron chi connectivity index (χ2n) is 5.19. The van der Waals surface area contributed by atoms with Crippen LogP contribution < -0.4 is 5.73 Å². The molecular formula is C11H23NS. The van der Waals surface area contributed by atoms with Crippen molar-refractivity contribution >= 4 is 11.8 Å². The fourth-order valence-corrected chi connectivity index (χ4v) is 3.33. The van der Waals surface area contributed by atoms with Crippen molar-refractivity contribution in [1.82, 2.24) is 0 Å². The summed E-state index contributed by atoms with van der Waals surface area (Å²) >= 11 is 2.08. The summed E-state index contributed by atoms with van der Waals surface area (Å²) in [6.07, 6.45) is 5.67. The second-order valence-corrected chi connectivity index (χ2v) is 6.48. The number of rotatable bonds is 3. The highest BCUT2D eigenvalue weighted by Crippen LogP contribution is 2.32. The van der Waals surface area contributed by atoms with E-state index >= 15 is 0 Å². The van der Waals surface area contributed by atoms with Crippen LogP contribution in [0.4, 0.5) is 0 Å². The summed E-state index contributed by atoms with van der Waals surface area (Å²) in [5, 5.41) is 0.881. The molecule has 1 fully saturated rings. The number of hydrogen-bond donors (Lipinski definition) is 1. The fourth-order valence-electron chi connectivity index (χ4n) is 1.86. The van der Waals surface area contributed by atoms with Gasteiger partial charge in [0.1, 0.15) is 0 Å². The molecule has 78 valence electrons. The van der Waals surface area contributed by atoms with Gasteiger partial charge in [-0.1, -0.05) is 19.8 Å². The van der Waals surface area contributed by atoms with Crippen molar-refractivity contribution in [2.45, 2.75) is 57.2 Å². The van der Waals surface area contributed by atoms with E-state index in [1.54, 1.807) is 0 Å². The minimum Gasteiger partial charge on any atom is -0.325 e. The monoisotopic (exact) mass is 201 g/mol. The van der Waals surface area contributed by atoms with Gasteiger partial charge in [0.25, 0.3) is 0 Å². The predicted octanol–water partition coefficient (Wildman–Crippen LogP) is 3.04. The van der Waals surface area contributed by atoms with Crippen molar-refractivity contribution in [3.8, 4) is 0 Å². The lowest BCUT2D eigenvalue weighted by molar-refractivity contribution is 0.393. The second kappa shape index (κ2) is 4.70. The first kappa shape index (κ1) is 11.4. The van der Waals surface area contributed by atoms with Crippen LogP contribution in [0.2, 0.25) is 0 Å². The molecule has 0 heterocycles. The van der Waals surface area contributed by atoms with Gasteiger partial charge < -0.3 is 5.73 Å². The van der Waals surface area contributed by atoms with Crippen molar-refractivity contribution in [3.63, 3.8) is 0 Å². The molecule has 0 aromatic carbocycles. The van der Waals surface area contributed by atoms with E-state index in [2.05, 4.69) is 32.5 Å². The maximum atomic E-state index is 5.97. The van der Waals surface area contributed by atoms with Gasteiger partial charge in [0, 0.05) is 16.5 Å². The minimum absolute atomic E-state index is 0.00531. The average Bonchev–Trinajstić information content (AvgIpc) is 2.00. The highest BCUT2D eigenvalue weighted by atomic mass is 32.2. The van der Waals surface area contributed by atoms with E-state index in [4.69, 9.17) is 5.73 Å². The molecule has 0 amide bonds. The Morgan fingerprint density at radius 1 is 1.38 bits per heavy atom. The summed E-state index contributed by atoms with van der Waals surface area (Å²) in [4.78, 5) is 0. The van der Waals surface area contributed by atoms with Gasteiger partial charge in [0.2, 0.25) is 0 Å². The molecule has 2 N–H and O–H groups in total. The average molecular weight is 201 g/mol. The summed E-state index contributed by atoms with van der Waals surface area (Å²) in [5.41, 5.74) is 5.97. The van der Waals surface area contributed by atoms with Crippen molar-refractivity contribution < 1.29 is 0 Å². The smallest absolute Gasteiger partial charge is 0.0188 e. The van der Waals surface area contributed by atoms with Crippen LogP contribution in [0, 0.1) is 5.92 Å². The van der Waals surface area contributed by atoms with E-state index in [0.29, 0.717) is 0 Å². The molecule has 0 radical (unpaired) electrons. The van der Waals surface area contributed by atoms with E-state index in [0.717, 1.165) is 16.9 Å². The number of thioether (sulfide) groups is 1. The quantitative estimate of drug-likeness (QED) is 0.759. The van der Waals surface area contributed by atoms with Gasteiger partial charge in [-0.25, -0.2) is 0 Å². The minimum atomic E-state index is 0.00531. The van der Waals surface area contributed by atoms with Gasteiger partial charge >= 0.3 is 0 Å². The highest BCUT2D eigenvalue weighted by molar-refractivity contribution is 7.99. The largest absolute Gasteiger partial charge is 0.325 e. The molecule has 0 aromatic heterocycles. The molecule has 1 nitrogen and oxygen atoms in total. The molecular weight excluding hydrogens is 178 g/mol. The van der Waals surface area contributed by atoms with E-state index in [1.165, 1.54) is 25.7 Å². The molecule has 0 saturated heterocycles. The van der Waals surface area contributed by atoms with Crippen molar-refractivity contribution in [2.75, 3.05) is 5.75 Å². The summed E-state index contributed by atoms with van der Waals surface area (Å²) < 4.78 is 0. The predicted molar refractivity (Wildman–Crippen MR) is 62.1 cm³/mol. The first-order chi connectivity index (χ1) is 5.97. The third-order valence-electron chi connectivity index (χ3n) is 2.58. The SMILES string of the molecule is CC1CCCC(SCC(C)(C)N)C1. The van der Waals surface area contributed by atoms with Crippen LogP contribution in [0.25, 0.3) is 0 Å². The van der Waals surface area contributed by atoms with Gasteiger partial charge in [-0.05, 0) is 32.6 Å². The molecule has 0 aliphatic heterocycles. The molecule has 1 saturated carbocycles.